The first-order valence-electron chi connectivity index (χ1n) is 10.9. The molecule has 1 aromatic heterocycles. The number of rotatable bonds is 11. The number of amides is 1. The highest BCUT2D eigenvalue weighted by Crippen LogP contribution is 2.27. The van der Waals surface area contributed by atoms with Gasteiger partial charge in [0.05, 0.1) is 24.5 Å². The van der Waals surface area contributed by atoms with Crippen molar-refractivity contribution in [2.24, 2.45) is 0 Å². The molecular formula is C25H29N3O4. The molecule has 3 rings (SSSR count). The lowest BCUT2D eigenvalue weighted by molar-refractivity contribution is -0.136. The van der Waals surface area contributed by atoms with E-state index < -0.39 is 5.97 Å². The summed E-state index contributed by atoms with van der Waals surface area (Å²) in [5.74, 6) is -0.552. The summed E-state index contributed by atoms with van der Waals surface area (Å²) in [6, 6.07) is 15.5. The molecule has 2 aromatic carbocycles. The number of carboxylic acid groups (broad SMARTS) is 1. The molecule has 0 aliphatic heterocycles. The Morgan fingerprint density at radius 1 is 1.16 bits per heavy atom. The molecule has 0 radical (unpaired) electrons. The lowest BCUT2D eigenvalue weighted by atomic mass is 10.0. The van der Waals surface area contributed by atoms with Crippen molar-refractivity contribution in [3.63, 3.8) is 0 Å². The molecule has 7 heteroatoms. The number of aromatic nitrogens is 2. The van der Waals surface area contributed by atoms with E-state index in [9.17, 15) is 9.59 Å². The minimum Gasteiger partial charge on any atom is -0.482 e. The fraction of sp³-hybridized carbons (Fsp3) is 0.320. The molecule has 1 unspecified atom stereocenters. The normalized spacial score (nSPS) is 11.7. The van der Waals surface area contributed by atoms with E-state index in [1.165, 1.54) is 5.56 Å². The second-order valence-electron chi connectivity index (χ2n) is 7.56. The van der Waals surface area contributed by atoms with Gasteiger partial charge in [-0.3, -0.25) is 9.59 Å². The third-order valence-electron chi connectivity index (χ3n) is 5.14. The van der Waals surface area contributed by atoms with Crippen molar-refractivity contribution in [1.82, 2.24) is 15.1 Å². The minimum atomic E-state index is -0.943. The number of aliphatic carboxylic acids is 1. The fourth-order valence-corrected chi connectivity index (χ4v) is 3.38. The number of aryl methyl sites for hydroxylation is 1. The van der Waals surface area contributed by atoms with Crippen LogP contribution in [0, 0.1) is 0 Å². The van der Waals surface area contributed by atoms with Crippen LogP contribution in [0.3, 0.4) is 0 Å². The zero-order valence-corrected chi connectivity index (χ0v) is 18.5. The van der Waals surface area contributed by atoms with Crippen LogP contribution in [0.4, 0.5) is 0 Å². The van der Waals surface area contributed by atoms with Gasteiger partial charge in [0, 0.05) is 12.1 Å². The predicted molar refractivity (Wildman–Crippen MR) is 122 cm³/mol. The van der Waals surface area contributed by atoms with Crippen molar-refractivity contribution < 1.29 is 19.4 Å². The number of ether oxygens (including phenoxy) is 1. The molecule has 0 bridgehead atoms. The molecule has 1 amide bonds. The van der Waals surface area contributed by atoms with Gasteiger partial charge in [-0.15, -0.1) is 0 Å². The quantitative estimate of drug-likeness (QED) is 0.461. The summed E-state index contributed by atoms with van der Waals surface area (Å²) < 4.78 is 8.05. The number of carbonyl (C=O) groups is 2. The largest absolute Gasteiger partial charge is 0.482 e. The summed E-state index contributed by atoms with van der Waals surface area (Å²) in [6.45, 7) is 4.32. The number of carbonyl (C=O) groups excluding carboxylic acids is 1. The van der Waals surface area contributed by atoms with E-state index in [-0.39, 0.29) is 25.0 Å². The molecule has 1 atom stereocenters. The minimum absolute atomic E-state index is 0.0998. The fourth-order valence-electron chi connectivity index (χ4n) is 3.38. The average molecular weight is 436 g/mol. The molecule has 0 fully saturated rings. The van der Waals surface area contributed by atoms with Gasteiger partial charge in [-0.2, -0.15) is 5.10 Å². The Labute approximate surface area is 188 Å². The molecule has 0 saturated heterocycles. The average Bonchev–Trinajstić information content (AvgIpc) is 3.27. The molecule has 168 valence electrons. The van der Waals surface area contributed by atoms with Crippen LogP contribution < -0.4 is 10.1 Å². The molecular weight excluding hydrogens is 406 g/mol. The summed E-state index contributed by atoms with van der Waals surface area (Å²) >= 11 is 0. The summed E-state index contributed by atoms with van der Waals surface area (Å²) in [4.78, 5) is 22.7. The maximum Gasteiger partial charge on any atom is 0.305 e. The predicted octanol–water partition coefficient (Wildman–Crippen LogP) is 4.56. The molecule has 32 heavy (non-hydrogen) atoms. The number of nitrogens with one attached hydrogen (secondary N) is 1. The third kappa shape index (κ3) is 6.20. The van der Waals surface area contributed by atoms with Crippen LogP contribution in [0.15, 0.2) is 60.9 Å². The molecule has 0 aliphatic rings. The maximum absolute atomic E-state index is 12.2. The Morgan fingerprint density at radius 3 is 2.62 bits per heavy atom. The van der Waals surface area contributed by atoms with Gasteiger partial charge in [0.15, 0.2) is 5.75 Å². The van der Waals surface area contributed by atoms with Crippen molar-refractivity contribution in [3.05, 3.63) is 77.6 Å². The van der Waals surface area contributed by atoms with E-state index in [2.05, 4.69) is 36.4 Å². The van der Waals surface area contributed by atoms with Crippen molar-refractivity contribution >= 4 is 11.9 Å². The Morgan fingerprint density at radius 2 is 1.94 bits per heavy atom. The van der Waals surface area contributed by atoms with Gasteiger partial charge < -0.3 is 15.2 Å². The van der Waals surface area contributed by atoms with Crippen LogP contribution >= 0.6 is 0 Å². The SMILES string of the molecule is CCCC(Oc1cnn(-c2cccc(CC)c2)c1)c1ccc(C(=O)NCCC(=O)O)cc1. The van der Waals surface area contributed by atoms with Crippen molar-refractivity contribution in [2.45, 2.75) is 45.6 Å². The first-order valence-corrected chi connectivity index (χ1v) is 10.9. The van der Waals surface area contributed by atoms with E-state index in [1.54, 1.807) is 18.3 Å². The van der Waals surface area contributed by atoms with Gasteiger partial charge in [0.1, 0.15) is 6.10 Å². The summed E-state index contributed by atoms with van der Waals surface area (Å²) in [5.41, 5.74) is 3.69. The van der Waals surface area contributed by atoms with Gasteiger partial charge in [-0.25, -0.2) is 4.68 Å². The maximum atomic E-state index is 12.2. The number of nitrogens with zero attached hydrogens (tertiary/aromatic N) is 2. The lowest BCUT2D eigenvalue weighted by Crippen LogP contribution is -2.26. The van der Waals surface area contributed by atoms with E-state index in [4.69, 9.17) is 9.84 Å². The van der Waals surface area contributed by atoms with E-state index in [0.717, 1.165) is 30.5 Å². The van der Waals surface area contributed by atoms with Gasteiger partial charge in [0.2, 0.25) is 0 Å². The number of benzene rings is 2. The van der Waals surface area contributed by atoms with Crippen LogP contribution in [0.1, 0.15) is 60.7 Å². The first-order chi connectivity index (χ1) is 15.5. The van der Waals surface area contributed by atoms with E-state index in [1.807, 2.05) is 35.1 Å². The van der Waals surface area contributed by atoms with Crippen LogP contribution in [-0.2, 0) is 11.2 Å². The smallest absolute Gasteiger partial charge is 0.305 e. The second kappa shape index (κ2) is 11.1. The monoisotopic (exact) mass is 435 g/mol. The molecule has 1 heterocycles. The zero-order valence-electron chi connectivity index (χ0n) is 18.5. The summed E-state index contributed by atoms with van der Waals surface area (Å²) in [6.07, 6.45) is 6.05. The van der Waals surface area contributed by atoms with Crippen LogP contribution in [0.25, 0.3) is 5.69 Å². The lowest BCUT2D eigenvalue weighted by Gasteiger charge is -2.18. The standard InChI is InChI=1S/C25H29N3O4/c1-3-6-23(19-9-11-20(12-10-19)25(31)26-14-13-24(29)30)32-22-16-27-28(17-22)21-8-5-7-18(4-2)15-21/h5,7-12,15-17,23H,3-4,6,13-14H2,1-2H3,(H,26,31)(H,29,30). The number of hydrogen-bond donors (Lipinski definition) is 2. The van der Waals surface area contributed by atoms with Gasteiger partial charge in [-0.1, -0.05) is 44.5 Å². The molecule has 3 aromatic rings. The highest BCUT2D eigenvalue weighted by atomic mass is 16.5. The highest BCUT2D eigenvalue weighted by Gasteiger charge is 2.15. The molecule has 7 nitrogen and oxygen atoms in total. The van der Waals surface area contributed by atoms with Gasteiger partial charge in [0.25, 0.3) is 5.91 Å². The topological polar surface area (TPSA) is 93.5 Å². The third-order valence-corrected chi connectivity index (χ3v) is 5.14. The van der Waals surface area contributed by atoms with Crippen LogP contribution in [0.5, 0.6) is 5.75 Å². The van der Waals surface area contributed by atoms with Crippen molar-refractivity contribution in [2.75, 3.05) is 6.54 Å². The molecule has 0 aliphatic carbocycles. The van der Waals surface area contributed by atoms with E-state index in [0.29, 0.717) is 11.3 Å². The van der Waals surface area contributed by atoms with Crippen molar-refractivity contribution in [1.29, 1.82) is 0 Å². The Kier molecular flexibility index (Phi) is 8.02. The highest BCUT2D eigenvalue weighted by molar-refractivity contribution is 5.94. The molecule has 0 saturated carbocycles. The Bertz CT molecular complexity index is 1040. The van der Waals surface area contributed by atoms with Gasteiger partial charge in [-0.05, 0) is 48.2 Å². The summed E-state index contributed by atoms with van der Waals surface area (Å²) in [5, 5.41) is 15.7. The zero-order chi connectivity index (χ0) is 22.9. The summed E-state index contributed by atoms with van der Waals surface area (Å²) in [7, 11) is 0. The van der Waals surface area contributed by atoms with Crippen LogP contribution in [-0.4, -0.2) is 33.3 Å². The Balaban J connectivity index is 1.68. The number of carboxylic acids is 1. The second-order valence-corrected chi connectivity index (χ2v) is 7.56. The Hall–Kier alpha value is -3.61. The first kappa shape index (κ1) is 23.1. The molecule has 2 N–H and O–H groups in total. The number of hydrogen-bond acceptors (Lipinski definition) is 4. The van der Waals surface area contributed by atoms with Gasteiger partial charge >= 0.3 is 5.97 Å². The molecule has 0 spiro atoms. The van der Waals surface area contributed by atoms with Crippen molar-refractivity contribution in [3.8, 4) is 11.4 Å². The van der Waals surface area contributed by atoms with E-state index >= 15 is 0 Å². The van der Waals surface area contributed by atoms with Crippen LogP contribution in [0.2, 0.25) is 0 Å².